The molecule has 1 unspecified atom stereocenters. The zero-order chi connectivity index (χ0) is 22.9. The molecule has 0 aromatic heterocycles. The smallest absolute Gasteiger partial charge is 0.222 e. The molecule has 170 valence electrons. The van der Waals surface area contributed by atoms with Crippen molar-refractivity contribution in [2.75, 3.05) is 19.8 Å². The largest absolute Gasteiger partial charge is 0.396 e. The molecule has 0 radical (unpaired) electrons. The number of aliphatic hydroxyl groups is 1. The summed E-state index contributed by atoms with van der Waals surface area (Å²) in [5.41, 5.74) is 1.31. The van der Waals surface area contributed by atoms with Gasteiger partial charge in [-0.15, -0.1) is 0 Å². The molecular weight excluding hydrogens is 392 g/mol. The van der Waals surface area contributed by atoms with Gasteiger partial charge in [0.25, 0.3) is 0 Å². The molecular formula is C26H36O5. The number of ketones is 2. The Morgan fingerprint density at radius 1 is 0.774 bits per heavy atom. The summed E-state index contributed by atoms with van der Waals surface area (Å²) in [7, 11) is 0. The monoisotopic (exact) mass is 428 g/mol. The van der Waals surface area contributed by atoms with Crippen molar-refractivity contribution >= 4 is 11.6 Å². The van der Waals surface area contributed by atoms with Crippen LogP contribution in [0, 0.1) is 5.92 Å². The maximum atomic E-state index is 12.3. The Hall–Kier alpha value is -2.34. The maximum Gasteiger partial charge on any atom is 0.222 e. The van der Waals surface area contributed by atoms with Gasteiger partial charge in [-0.05, 0) is 12.8 Å². The fraction of sp³-hybridized carbons (Fsp3) is 0.462. The van der Waals surface area contributed by atoms with E-state index < -0.39 is 6.29 Å². The minimum atomic E-state index is -0.763. The molecule has 2 aromatic rings. The van der Waals surface area contributed by atoms with Crippen LogP contribution >= 0.6 is 0 Å². The molecule has 0 saturated carbocycles. The number of rotatable bonds is 13. The third-order valence-electron chi connectivity index (χ3n) is 4.59. The predicted octanol–water partition coefficient (Wildman–Crippen LogP) is 5.33. The topological polar surface area (TPSA) is 72.8 Å². The summed E-state index contributed by atoms with van der Waals surface area (Å²) in [5, 5.41) is 8.75. The van der Waals surface area contributed by atoms with Crippen molar-refractivity contribution < 1.29 is 24.2 Å². The molecule has 0 spiro atoms. The van der Waals surface area contributed by atoms with E-state index in [-0.39, 0.29) is 24.1 Å². The van der Waals surface area contributed by atoms with Crippen LogP contribution in [0.5, 0.6) is 0 Å². The van der Waals surface area contributed by atoms with Crippen LogP contribution in [0.4, 0.5) is 0 Å². The Morgan fingerprint density at radius 2 is 1.19 bits per heavy atom. The highest BCUT2D eigenvalue weighted by molar-refractivity contribution is 5.98. The molecule has 0 saturated heterocycles. The Labute approximate surface area is 186 Å². The van der Waals surface area contributed by atoms with Gasteiger partial charge in [-0.1, -0.05) is 94.3 Å². The molecule has 2 aromatic carbocycles. The lowest BCUT2D eigenvalue weighted by atomic mass is 10.0. The minimum Gasteiger partial charge on any atom is -0.396 e. The third-order valence-corrected chi connectivity index (χ3v) is 4.59. The van der Waals surface area contributed by atoms with E-state index >= 15 is 0 Å². The standard InChI is InChI=1S/C16H24O3.C10H12O2/c1-3-5-12-18-16(19-13-6-4-2)15(17)14-10-8-7-9-11-14;1-8(7-11)10(12)9-5-3-2-4-6-9/h7-11,16H,3-6,12-13H2,1-2H3;2-6,8,11H,7H2,1H3. The Kier molecular flexibility index (Phi) is 14.1. The van der Waals surface area contributed by atoms with E-state index in [1.807, 2.05) is 36.4 Å². The van der Waals surface area contributed by atoms with Crippen LogP contribution in [0.2, 0.25) is 0 Å². The third kappa shape index (κ3) is 10.5. The van der Waals surface area contributed by atoms with E-state index in [0.717, 1.165) is 25.7 Å². The number of Topliss-reactive ketones (excluding diaryl/α,β-unsaturated/α-hetero) is 2. The molecule has 1 atom stereocenters. The molecule has 2 rings (SSSR count). The minimum absolute atomic E-state index is 0.00176. The summed E-state index contributed by atoms with van der Waals surface area (Å²) in [6.45, 7) is 6.94. The molecule has 0 aliphatic heterocycles. The lowest BCUT2D eigenvalue weighted by Crippen LogP contribution is -2.28. The zero-order valence-corrected chi connectivity index (χ0v) is 19.0. The maximum absolute atomic E-state index is 12.3. The number of unbranched alkanes of at least 4 members (excludes halogenated alkanes) is 2. The molecule has 0 amide bonds. The first-order chi connectivity index (χ1) is 15.0. The predicted molar refractivity (Wildman–Crippen MR) is 123 cm³/mol. The Bertz CT molecular complexity index is 720. The summed E-state index contributed by atoms with van der Waals surface area (Å²) in [4.78, 5) is 23.7. The summed E-state index contributed by atoms with van der Waals surface area (Å²) in [6, 6.07) is 18.2. The van der Waals surface area contributed by atoms with Gasteiger partial charge in [0.15, 0.2) is 5.78 Å². The van der Waals surface area contributed by atoms with Gasteiger partial charge in [-0.2, -0.15) is 0 Å². The Balaban J connectivity index is 0.000000343. The number of aliphatic hydroxyl groups excluding tert-OH is 1. The molecule has 0 heterocycles. The zero-order valence-electron chi connectivity index (χ0n) is 19.0. The highest BCUT2D eigenvalue weighted by atomic mass is 16.7. The number of hydrogen-bond acceptors (Lipinski definition) is 5. The van der Waals surface area contributed by atoms with E-state index in [4.69, 9.17) is 14.6 Å². The van der Waals surface area contributed by atoms with Crippen molar-refractivity contribution in [1.82, 2.24) is 0 Å². The van der Waals surface area contributed by atoms with Crippen LogP contribution in [0.25, 0.3) is 0 Å². The van der Waals surface area contributed by atoms with Crippen LogP contribution in [0.15, 0.2) is 60.7 Å². The number of hydrogen-bond donors (Lipinski definition) is 1. The van der Waals surface area contributed by atoms with Crippen LogP contribution in [-0.2, 0) is 9.47 Å². The van der Waals surface area contributed by atoms with Crippen LogP contribution in [0.1, 0.15) is 67.2 Å². The van der Waals surface area contributed by atoms with Gasteiger partial charge in [0.2, 0.25) is 12.1 Å². The SMILES string of the molecule is CC(CO)C(=O)c1ccccc1.CCCCOC(OCCCC)C(=O)c1ccccc1. The van der Waals surface area contributed by atoms with Crippen LogP contribution < -0.4 is 0 Å². The van der Waals surface area contributed by atoms with Gasteiger partial charge in [0.1, 0.15) is 0 Å². The molecule has 1 N–H and O–H groups in total. The fourth-order valence-electron chi connectivity index (χ4n) is 2.58. The van der Waals surface area contributed by atoms with Gasteiger partial charge >= 0.3 is 0 Å². The van der Waals surface area contributed by atoms with Crippen molar-refractivity contribution in [3.63, 3.8) is 0 Å². The van der Waals surface area contributed by atoms with Gasteiger partial charge < -0.3 is 14.6 Å². The van der Waals surface area contributed by atoms with Crippen molar-refractivity contribution in [1.29, 1.82) is 0 Å². The fourth-order valence-corrected chi connectivity index (χ4v) is 2.58. The van der Waals surface area contributed by atoms with Crippen molar-refractivity contribution in [2.24, 2.45) is 5.92 Å². The highest BCUT2D eigenvalue weighted by Gasteiger charge is 2.21. The highest BCUT2D eigenvalue weighted by Crippen LogP contribution is 2.10. The van der Waals surface area contributed by atoms with Crippen molar-refractivity contribution in [2.45, 2.75) is 52.7 Å². The van der Waals surface area contributed by atoms with Gasteiger partial charge in [-0.3, -0.25) is 9.59 Å². The van der Waals surface area contributed by atoms with Gasteiger partial charge in [-0.25, -0.2) is 0 Å². The van der Waals surface area contributed by atoms with E-state index in [2.05, 4.69) is 13.8 Å². The van der Waals surface area contributed by atoms with Crippen molar-refractivity contribution in [3.05, 3.63) is 71.8 Å². The van der Waals surface area contributed by atoms with Gasteiger partial charge in [0, 0.05) is 17.0 Å². The van der Waals surface area contributed by atoms with Crippen molar-refractivity contribution in [3.8, 4) is 0 Å². The molecule has 0 bridgehead atoms. The number of benzene rings is 2. The molecule has 31 heavy (non-hydrogen) atoms. The lowest BCUT2D eigenvalue weighted by molar-refractivity contribution is -0.115. The second-order valence-corrected chi connectivity index (χ2v) is 7.32. The molecule has 5 nitrogen and oxygen atoms in total. The summed E-state index contributed by atoms with van der Waals surface area (Å²) >= 11 is 0. The molecule has 5 heteroatoms. The number of ether oxygens (including phenoxy) is 2. The quantitative estimate of drug-likeness (QED) is 0.265. The first kappa shape index (κ1) is 26.7. The lowest BCUT2D eigenvalue weighted by Gasteiger charge is -2.17. The average Bonchev–Trinajstić information content (AvgIpc) is 2.83. The molecule has 0 fully saturated rings. The van der Waals surface area contributed by atoms with E-state index in [1.54, 1.807) is 31.2 Å². The normalized spacial score (nSPS) is 11.5. The summed E-state index contributed by atoms with van der Waals surface area (Å²) < 4.78 is 11.1. The first-order valence-corrected chi connectivity index (χ1v) is 11.1. The second kappa shape index (κ2) is 16.4. The summed E-state index contributed by atoms with van der Waals surface area (Å²) in [5.74, 6) is -0.390. The van der Waals surface area contributed by atoms with E-state index in [0.29, 0.717) is 24.3 Å². The van der Waals surface area contributed by atoms with Gasteiger partial charge in [0.05, 0.1) is 19.8 Å². The van der Waals surface area contributed by atoms with Crippen LogP contribution in [0.3, 0.4) is 0 Å². The van der Waals surface area contributed by atoms with E-state index in [1.165, 1.54) is 0 Å². The first-order valence-electron chi connectivity index (χ1n) is 11.1. The number of carbonyl (C=O) groups excluding carboxylic acids is 2. The molecule has 0 aliphatic carbocycles. The van der Waals surface area contributed by atoms with E-state index in [9.17, 15) is 9.59 Å². The summed E-state index contributed by atoms with van der Waals surface area (Å²) in [6.07, 6.45) is 3.20. The number of carbonyl (C=O) groups is 2. The molecule has 0 aliphatic rings. The second-order valence-electron chi connectivity index (χ2n) is 7.32. The Morgan fingerprint density at radius 3 is 1.58 bits per heavy atom. The van der Waals surface area contributed by atoms with Crippen LogP contribution in [-0.4, -0.2) is 42.8 Å². The average molecular weight is 429 g/mol.